The second kappa shape index (κ2) is 20.2. The quantitative estimate of drug-likeness (QED) is 0.0891. The predicted octanol–water partition coefficient (Wildman–Crippen LogP) is 4.09. The van der Waals surface area contributed by atoms with Gasteiger partial charge in [0, 0.05) is 29.4 Å². The molecule has 0 spiro atoms. The zero-order chi connectivity index (χ0) is 36.2. The number of nitrogens with zero attached hydrogens (tertiary/aromatic N) is 3. The van der Waals surface area contributed by atoms with Crippen LogP contribution in [0.2, 0.25) is 0 Å². The summed E-state index contributed by atoms with van der Waals surface area (Å²) in [6, 6.07) is 21.5. The van der Waals surface area contributed by atoms with Crippen molar-refractivity contribution in [2.24, 2.45) is 5.92 Å². The van der Waals surface area contributed by atoms with Crippen molar-refractivity contribution in [1.29, 1.82) is 0 Å². The molecule has 5 aromatic rings. The number of hydrogen-bond acceptors (Lipinski definition) is 12. The van der Waals surface area contributed by atoms with E-state index in [0.29, 0.717) is 46.1 Å². The molecule has 4 N–H and O–H groups in total. The molecule has 2 heterocycles. The predicted molar refractivity (Wildman–Crippen MR) is 199 cm³/mol. The zero-order valence-electron chi connectivity index (χ0n) is 29.6. The minimum atomic E-state index is -2.17. The van der Waals surface area contributed by atoms with Gasteiger partial charge in [-0.1, -0.05) is 72.5 Å². The van der Waals surface area contributed by atoms with Gasteiger partial charge in [-0.05, 0) is 72.8 Å². The molecule has 1 amide bonds. The summed E-state index contributed by atoms with van der Waals surface area (Å²) in [6.45, 7) is 13.3. The van der Waals surface area contributed by atoms with Crippen molar-refractivity contribution in [2.75, 3.05) is 17.7 Å². The van der Waals surface area contributed by atoms with E-state index in [1.807, 2.05) is 37.3 Å². The van der Waals surface area contributed by atoms with E-state index in [0.717, 1.165) is 26.6 Å². The third-order valence-corrected chi connectivity index (χ3v) is 8.65. The molecule has 2 atom stereocenters. The van der Waals surface area contributed by atoms with Crippen LogP contribution in [-0.2, 0) is 25.5 Å². The van der Waals surface area contributed by atoms with E-state index in [1.54, 1.807) is 49.6 Å². The molecule has 1 fully saturated rings. The smallest absolute Gasteiger partial charge is 0.495 e. The number of aliphatic hydroxyl groups excluding tert-OH is 1. The molecule has 0 bridgehead atoms. The number of benzene rings is 3. The van der Waals surface area contributed by atoms with Crippen LogP contribution in [0.5, 0.6) is 5.75 Å². The number of aryl methyl sites for hydroxylation is 1. The van der Waals surface area contributed by atoms with Crippen molar-refractivity contribution in [3.63, 3.8) is 0 Å². The summed E-state index contributed by atoms with van der Waals surface area (Å²) >= 11 is 1.50. The van der Waals surface area contributed by atoms with Crippen LogP contribution in [0.25, 0.3) is 10.2 Å². The summed E-state index contributed by atoms with van der Waals surface area (Å²) in [5.74, 6) is 1.43. The number of ether oxygens (including phenoxy) is 1. The Labute approximate surface area is 317 Å². The van der Waals surface area contributed by atoms with Gasteiger partial charge in [0.2, 0.25) is 0 Å². The van der Waals surface area contributed by atoms with Crippen molar-refractivity contribution < 1.29 is 41.9 Å². The second-order valence-electron chi connectivity index (χ2n) is 12.1. The number of aliphatic hydroxyl groups is 1. The fourth-order valence-electron chi connectivity index (χ4n) is 4.48. The van der Waals surface area contributed by atoms with Crippen molar-refractivity contribution in [2.45, 2.75) is 63.1 Å². The fourth-order valence-corrected chi connectivity index (χ4v) is 5.93. The molecule has 14 heteroatoms. The Morgan fingerprint density at radius 1 is 1.04 bits per heavy atom. The Bertz CT molecular complexity index is 1920. The standard InChI is InChI=1S/C23H25N4O3.C10H9N2O2S2.C4H9.Li/c1-15-11-22(25-14-24-15)26-20-13-18(9-10-21(20)30-3)23(29)27-19(16(2)28)12-17-7-5-4-6-8-17;13-16(14)7-3-4-8-9(5-7)15-10(12-8)11-6-1-2-6;1-4(2)3;/h4-11,13-14,16,19,28H,2,12H2,1,3H3,(H,27,29)(H,24,25,26);3-6H,1-2H2,(H,11,12);4H,1H2,2-3H3;/q3*-1;+1/t16-,19+;;;/m1.../s1. The topological polar surface area (TPSA) is 155 Å². The summed E-state index contributed by atoms with van der Waals surface area (Å²) < 4.78 is 27.9. The number of rotatable bonds is 11. The molecular formula is C37H43LiN6O5S2-2. The van der Waals surface area contributed by atoms with Crippen LogP contribution >= 0.6 is 11.3 Å². The number of anilines is 3. The minimum absolute atomic E-state index is 0. The van der Waals surface area contributed by atoms with Gasteiger partial charge in [-0.2, -0.15) is 5.92 Å². The van der Waals surface area contributed by atoms with Gasteiger partial charge in [0.15, 0.2) is 5.13 Å². The average molecular weight is 723 g/mol. The molecule has 0 aliphatic heterocycles. The number of amides is 1. The molecule has 266 valence electrons. The Balaban J connectivity index is 0.000000279. The maximum atomic E-state index is 12.9. The first-order chi connectivity index (χ1) is 23.9. The zero-order valence-corrected chi connectivity index (χ0v) is 31.2. The maximum Gasteiger partial charge on any atom is 1.00 e. The van der Waals surface area contributed by atoms with E-state index in [-0.39, 0.29) is 24.8 Å². The van der Waals surface area contributed by atoms with Crippen LogP contribution in [-0.4, -0.2) is 51.3 Å². The first-order valence-corrected chi connectivity index (χ1v) is 18.0. The molecule has 1 saturated carbocycles. The third-order valence-electron chi connectivity index (χ3n) is 7.06. The van der Waals surface area contributed by atoms with Crippen molar-refractivity contribution in [3.05, 3.63) is 110 Å². The molecule has 2 aromatic heterocycles. The van der Waals surface area contributed by atoms with Gasteiger partial charge in [-0.15, -0.1) is 0 Å². The normalized spacial score (nSPS) is 13.1. The average Bonchev–Trinajstić information content (AvgIpc) is 3.80. The Morgan fingerprint density at radius 2 is 1.75 bits per heavy atom. The summed E-state index contributed by atoms with van der Waals surface area (Å²) in [4.78, 5) is 25.8. The molecule has 1 aliphatic carbocycles. The van der Waals surface area contributed by atoms with Crippen molar-refractivity contribution in [3.8, 4) is 5.75 Å². The van der Waals surface area contributed by atoms with Crippen molar-refractivity contribution >= 4 is 54.8 Å². The minimum Gasteiger partial charge on any atom is -0.495 e. The Kier molecular flexibility index (Phi) is 16.4. The number of nitrogens with one attached hydrogen (secondary N) is 3. The number of aromatic nitrogens is 3. The van der Waals surface area contributed by atoms with Crippen LogP contribution in [0.3, 0.4) is 0 Å². The van der Waals surface area contributed by atoms with Gasteiger partial charge in [0.05, 0.1) is 23.0 Å². The molecule has 11 nitrogen and oxygen atoms in total. The largest absolute Gasteiger partial charge is 1.00 e. The van der Waals surface area contributed by atoms with E-state index in [9.17, 15) is 18.3 Å². The summed E-state index contributed by atoms with van der Waals surface area (Å²) in [5.41, 5.74) is 3.68. The number of carbonyl (C=O) groups is 1. The number of hydrogen-bond donors (Lipinski definition) is 4. The van der Waals surface area contributed by atoms with Crippen LogP contribution in [0.15, 0.2) is 84.0 Å². The number of carbonyl (C=O) groups excluding carboxylic acids is 1. The van der Waals surface area contributed by atoms with Crippen LogP contribution in [0.1, 0.15) is 48.3 Å². The van der Waals surface area contributed by atoms with Gasteiger partial charge in [-0.25, -0.2) is 15.0 Å². The molecule has 0 unspecified atom stereocenters. The van der Waals surface area contributed by atoms with Gasteiger partial charge in [-0.3, -0.25) is 4.79 Å². The molecule has 51 heavy (non-hydrogen) atoms. The molecule has 0 radical (unpaired) electrons. The van der Waals surface area contributed by atoms with Crippen LogP contribution < -0.4 is 39.5 Å². The van der Waals surface area contributed by atoms with Gasteiger partial charge >= 0.3 is 18.9 Å². The first kappa shape index (κ1) is 41.4. The van der Waals surface area contributed by atoms with Gasteiger partial charge in [0.25, 0.3) is 5.91 Å². The Hall–Kier alpha value is -3.99. The molecular weight excluding hydrogens is 680 g/mol. The number of fused-ring (bicyclic) bond motifs is 1. The first-order valence-electron chi connectivity index (χ1n) is 16.1. The third kappa shape index (κ3) is 13.6. The molecule has 6 rings (SSSR count). The second-order valence-corrected chi connectivity index (χ2v) is 14.1. The van der Waals surface area contributed by atoms with Crippen molar-refractivity contribution in [1.82, 2.24) is 20.3 Å². The molecule has 0 saturated heterocycles. The van der Waals surface area contributed by atoms with Gasteiger partial charge in [0.1, 0.15) is 17.9 Å². The van der Waals surface area contributed by atoms with E-state index < -0.39 is 22.8 Å². The van der Waals surface area contributed by atoms with E-state index in [1.165, 1.54) is 30.5 Å². The summed E-state index contributed by atoms with van der Waals surface area (Å²) in [6.07, 6.45) is 3.38. The number of thiazole rings is 1. The monoisotopic (exact) mass is 722 g/mol. The SMILES string of the molecule is O=[S-](=O)c1ccc2nc(NC3CC3)sc2c1.[CH2-]C(C)C.[CH2-][C@@H](O)[C@H](Cc1ccccc1)NC(=O)c1ccc(OC)c(Nc2cc(C)ncn2)c1.[Li+]. The summed E-state index contributed by atoms with van der Waals surface area (Å²) in [5, 5.41) is 20.3. The number of methoxy groups -OCH3 is 1. The Morgan fingerprint density at radius 3 is 2.35 bits per heavy atom. The van der Waals surface area contributed by atoms with E-state index in [4.69, 9.17) is 4.74 Å². The van der Waals surface area contributed by atoms with Crippen LogP contribution in [0.4, 0.5) is 16.6 Å². The maximum absolute atomic E-state index is 12.9. The van der Waals surface area contributed by atoms with Gasteiger partial charge < -0.3 is 48.1 Å². The van der Waals surface area contributed by atoms with E-state index >= 15 is 0 Å². The van der Waals surface area contributed by atoms with Crippen LogP contribution in [0, 0.1) is 26.7 Å². The molecule has 3 aromatic carbocycles. The molecule has 1 aliphatic rings. The van der Waals surface area contributed by atoms with E-state index in [2.05, 4.69) is 58.6 Å². The summed E-state index contributed by atoms with van der Waals surface area (Å²) in [7, 11) is -0.610. The fraction of sp³-hybridized carbons (Fsp3) is 0.297.